The van der Waals surface area contributed by atoms with Gasteiger partial charge in [0.1, 0.15) is 12.6 Å². The van der Waals surface area contributed by atoms with Gasteiger partial charge >= 0.3 is 0 Å². The molecule has 0 bridgehead atoms. The van der Waals surface area contributed by atoms with E-state index in [1.807, 2.05) is 13.1 Å². The molecule has 46 heavy (non-hydrogen) atoms. The lowest BCUT2D eigenvalue weighted by Gasteiger charge is -2.39. The zero-order valence-corrected chi connectivity index (χ0v) is 28.6. The highest BCUT2D eigenvalue weighted by atomic mass is 28.4. The topological polar surface area (TPSA) is 124 Å². The van der Waals surface area contributed by atoms with E-state index in [2.05, 4.69) is 72.5 Å². The Labute approximate surface area is 270 Å². The van der Waals surface area contributed by atoms with Crippen LogP contribution in [0.25, 0.3) is 11.3 Å². The third-order valence-electron chi connectivity index (χ3n) is 9.40. The molecule has 14 heteroatoms. The molecular formula is C32H43F2N9O2Si. The van der Waals surface area contributed by atoms with E-state index >= 15 is 0 Å². The average molecular weight is 652 g/mol. The number of fused-ring (bicyclic) bond motifs is 1. The van der Waals surface area contributed by atoms with Crippen LogP contribution in [0.1, 0.15) is 49.3 Å². The van der Waals surface area contributed by atoms with Crippen LogP contribution < -0.4 is 10.6 Å². The summed E-state index contributed by atoms with van der Waals surface area (Å²) < 4.78 is 34.2. The number of aromatic nitrogens is 4. The van der Waals surface area contributed by atoms with Gasteiger partial charge < -0.3 is 24.9 Å². The number of nitriles is 1. The van der Waals surface area contributed by atoms with Crippen LogP contribution >= 0.6 is 0 Å². The van der Waals surface area contributed by atoms with Crippen molar-refractivity contribution in [3.63, 3.8) is 0 Å². The van der Waals surface area contributed by atoms with Crippen LogP contribution in [0.5, 0.6) is 0 Å². The fourth-order valence-corrected chi connectivity index (χ4v) is 6.49. The van der Waals surface area contributed by atoms with Gasteiger partial charge in [0.2, 0.25) is 5.95 Å². The lowest BCUT2D eigenvalue weighted by atomic mass is 9.83. The second-order valence-electron chi connectivity index (χ2n) is 14.0. The summed E-state index contributed by atoms with van der Waals surface area (Å²) in [5, 5.41) is 20.8. The summed E-state index contributed by atoms with van der Waals surface area (Å²) in [6.07, 6.45) is 0.322. The van der Waals surface area contributed by atoms with Crippen molar-refractivity contribution in [1.29, 1.82) is 5.26 Å². The molecule has 1 saturated heterocycles. The van der Waals surface area contributed by atoms with Gasteiger partial charge in [0, 0.05) is 62.7 Å². The van der Waals surface area contributed by atoms with Crippen molar-refractivity contribution in [3.8, 4) is 17.3 Å². The third kappa shape index (κ3) is 6.91. The van der Waals surface area contributed by atoms with Crippen LogP contribution in [0.3, 0.4) is 0 Å². The number of likely N-dealkylation sites (N-methyl/N-ethyl adjacent to an activating group) is 1. The first-order valence-electron chi connectivity index (χ1n) is 15.5. The molecule has 2 aromatic heterocycles. The molecule has 0 unspecified atom stereocenters. The second kappa shape index (κ2) is 12.7. The number of hydrogen-bond acceptors (Lipinski definition) is 9. The Morgan fingerprint density at radius 3 is 2.61 bits per heavy atom. The molecule has 11 nitrogen and oxygen atoms in total. The Bertz CT molecular complexity index is 1640. The van der Waals surface area contributed by atoms with E-state index < -0.39 is 21.3 Å². The Morgan fingerprint density at radius 1 is 1.24 bits per heavy atom. The number of hydrogen-bond donors (Lipinski definition) is 2. The summed E-state index contributed by atoms with van der Waals surface area (Å²) >= 11 is 0. The molecule has 1 aromatic carbocycles. The molecule has 0 radical (unpaired) electrons. The predicted octanol–water partition coefficient (Wildman–Crippen LogP) is 5.31. The van der Waals surface area contributed by atoms with Gasteiger partial charge in [0.15, 0.2) is 14.0 Å². The van der Waals surface area contributed by atoms with Crippen LogP contribution in [-0.2, 0) is 16.4 Å². The molecule has 2 N–H and O–H groups in total. The van der Waals surface area contributed by atoms with Crippen molar-refractivity contribution in [2.45, 2.75) is 64.2 Å². The molecule has 2 aliphatic heterocycles. The van der Waals surface area contributed by atoms with Crippen molar-refractivity contribution in [3.05, 3.63) is 47.4 Å². The number of carbonyl (C=O) groups is 1. The van der Waals surface area contributed by atoms with Crippen molar-refractivity contribution in [1.82, 2.24) is 29.5 Å². The summed E-state index contributed by atoms with van der Waals surface area (Å²) in [6.45, 7) is 16.2. The Hall–Kier alpha value is -3.93. The summed E-state index contributed by atoms with van der Waals surface area (Å²) in [7, 11) is -0.0354. The fraction of sp³-hybridized carbons (Fsp3) is 0.531. The van der Waals surface area contributed by atoms with Gasteiger partial charge in [-0.15, -0.1) is 0 Å². The number of piperazine rings is 1. The standard InChI is InChI=1S/C32H43F2N9O2Si/c1-31(2,3)46(6,7)45-20-32(4)19-37-27-22(16-35)14-21(15-23(27)32)24-8-9-36-30(38-24)39-25-17-43(18-26(33)34)40-28(25)29(44)42-12-10-41(5)11-13-42/h8-9,14-15,17,26,37H,10-13,18-20H2,1-7H3,(H,36,38,39)/t32-/m1/s1. The van der Waals surface area contributed by atoms with Gasteiger partial charge in [-0.2, -0.15) is 10.4 Å². The van der Waals surface area contributed by atoms with Gasteiger partial charge in [-0.1, -0.05) is 27.7 Å². The number of nitrogens with zero attached hydrogens (tertiary/aromatic N) is 7. The molecule has 1 amide bonds. The van der Waals surface area contributed by atoms with E-state index in [0.29, 0.717) is 50.6 Å². The van der Waals surface area contributed by atoms with Gasteiger partial charge in [-0.3, -0.25) is 9.48 Å². The number of anilines is 3. The van der Waals surface area contributed by atoms with Gasteiger partial charge in [-0.05, 0) is 48.9 Å². The second-order valence-corrected chi connectivity index (χ2v) is 18.8. The van der Waals surface area contributed by atoms with Crippen LogP contribution in [0.4, 0.5) is 26.1 Å². The molecular weight excluding hydrogens is 608 g/mol. The summed E-state index contributed by atoms with van der Waals surface area (Å²) in [5.74, 6) is -0.175. The van der Waals surface area contributed by atoms with Gasteiger partial charge in [0.25, 0.3) is 12.3 Å². The Morgan fingerprint density at radius 2 is 1.96 bits per heavy atom. The van der Waals surface area contributed by atoms with Gasteiger partial charge in [0.05, 0.1) is 22.6 Å². The number of amides is 1. The van der Waals surface area contributed by atoms with Crippen molar-refractivity contribution in [2.24, 2.45) is 0 Å². The minimum Gasteiger partial charge on any atom is -0.416 e. The first-order chi connectivity index (χ1) is 21.6. The molecule has 3 aromatic rings. The number of halogens is 2. The van der Waals surface area contributed by atoms with Crippen LogP contribution in [0.2, 0.25) is 18.1 Å². The monoisotopic (exact) mass is 651 g/mol. The molecule has 1 fully saturated rings. The van der Waals surface area contributed by atoms with Crippen LogP contribution in [0.15, 0.2) is 30.6 Å². The van der Waals surface area contributed by atoms with E-state index in [1.165, 1.54) is 6.20 Å². The Kier molecular flexibility index (Phi) is 9.23. The lowest BCUT2D eigenvalue weighted by Crippen LogP contribution is -2.47. The van der Waals surface area contributed by atoms with E-state index in [9.17, 15) is 18.8 Å². The maximum absolute atomic E-state index is 13.4. The summed E-state index contributed by atoms with van der Waals surface area (Å²) in [6, 6.07) is 7.91. The normalized spacial score (nSPS) is 18.8. The molecule has 5 rings (SSSR count). The number of alkyl halides is 2. The summed E-state index contributed by atoms with van der Waals surface area (Å²) in [5.41, 5.74) is 3.50. The molecule has 1 atom stereocenters. The average Bonchev–Trinajstić information content (AvgIpc) is 3.55. The zero-order chi connectivity index (χ0) is 33.4. The number of benzene rings is 1. The maximum Gasteiger partial charge on any atom is 0.276 e. The highest BCUT2D eigenvalue weighted by molar-refractivity contribution is 6.74. The van der Waals surface area contributed by atoms with Crippen molar-refractivity contribution in [2.75, 3.05) is 57.0 Å². The number of carbonyl (C=O) groups excluding carboxylic acids is 1. The summed E-state index contributed by atoms with van der Waals surface area (Å²) in [4.78, 5) is 26.3. The largest absolute Gasteiger partial charge is 0.416 e. The smallest absolute Gasteiger partial charge is 0.276 e. The van der Waals surface area contributed by atoms with Crippen molar-refractivity contribution < 1.29 is 18.0 Å². The van der Waals surface area contributed by atoms with E-state index in [-0.39, 0.29) is 33.7 Å². The predicted molar refractivity (Wildman–Crippen MR) is 176 cm³/mol. The number of rotatable bonds is 9. The lowest BCUT2D eigenvalue weighted by molar-refractivity contribution is 0.0655. The van der Waals surface area contributed by atoms with Crippen LogP contribution in [0, 0.1) is 11.3 Å². The van der Waals surface area contributed by atoms with E-state index in [4.69, 9.17) is 9.41 Å². The molecule has 0 aliphatic carbocycles. The number of nitrogens with one attached hydrogen (secondary N) is 2. The Balaban J connectivity index is 1.45. The molecule has 0 spiro atoms. The van der Waals surface area contributed by atoms with E-state index in [0.717, 1.165) is 21.5 Å². The SMILES string of the molecule is CN1CCN(C(=O)c2nn(CC(F)F)cc2Nc2nccc(-c3cc(C#N)c4c(c3)[C@@](C)(CO[Si](C)(C)C(C)(C)C)CN4)n2)CC1. The fourth-order valence-electron chi connectivity index (χ4n) is 5.37. The molecule has 0 saturated carbocycles. The maximum atomic E-state index is 13.4. The van der Waals surface area contributed by atoms with E-state index in [1.54, 1.807) is 23.2 Å². The highest BCUT2D eigenvalue weighted by Crippen LogP contribution is 2.44. The van der Waals surface area contributed by atoms with Gasteiger partial charge in [-0.25, -0.2) is 18.7 Å². The van der Waals surface area contributed by atoms with Crippen LogP contribution in [-0.4, -0.2) is 96.6 Å². The first-order valence-corrected chi connectivity index (χ1v) is 18.4. The molecule has 4 heterocycles. The molecule has 2 aliphatic rings. The third-order valence-corrected chi connectivity index (χ3v) is 13.9. The zero-order valence-electron chi connectivity index (χ0n) is 27.6. The first kappa shape index (κ1) is 33.4. The quantitative estimate of drug-likeness (QED) is 0.296. The van der Waals surface area contributed by atoms with Crippen molar-refractivity contribution >= 4 is 31.5 Å². The highest BCUT2D eigenvalue weighted by Gasteiger charge is 2.42. The minimum atomic E-state index is -2.64. The molecule has 246 valence electrons. The minimum absolute atomic E-state index is 0.0343.